The topological polar surface area (TPSA) is 0 Å². The van der Waals surface area contributed by atoms with Gasteiger partial charge in [0.05, 0.1) is 20.6 Å². The lowest BCUT2D eigenvalue weighted by atomic mass is 9.96. The second-order valence-corrected chi connectivity index (χ2v) is 6.86. The lowest BCUT2D eigenvalue weighted by Crippen LogP contribution is -3.00. The van der Waals surface area contributed by atoms with Crippen LogP contribution in [0, 0.1) is 0 Å². The van der Waals surface area contributed by atoms with Crippen molar-refractivity contribution in [1.82, 2.24) is 0 Å². The average molecular weight is 456 g/mol. The molecular weight excluding hydrogens is 429 g/mol. The monoisotopic (exact) mass is 455 g/mol. The third kappa shape index (κ3) is 6.96. The summed E-state index contributed by atoms with van der Waals surface area (Å²) in [6.07, 6.45) is 5.88. The van der Waals surface area contributed by atoms with E-state index in [0.29, 0.717) is 6.00 Å². The van der Waals surface area contributed by atoms with E-state index < -0.39 is 0 Å². The Morgan fingerprint density at radius 1 is 0.875 bits per heavy atom. The van der Waals surface area contributed by atoms with Gasteiger partial charge in [0.2, 0.25) is 0 Å². The van der Waals surface area contributed by atoms with Gasteiger partial charge in [0.1, 0.15) is 0 Å². The highest BCUT2D eigenvalue weighted by Gasteiger charge is 2.11. The summed E-state index contributed by atoms with van der Waals surface area (Å²) in [5, 5.41) is 0. The van der Waals surface area contributed by atoms with Crippen LogP contribution in [0.4, 0.5) is 0 Å². The summed E-state index contributed by atoms with van der Waals surface area (Å²) < 4.78 is 0.884. The Balaban J connectivity index is 0.00000288. The lowest BCUT2D eigenvalue weighted by molar-refractivity contribution is -0.879. The predicted molar refractivity (Wildman–Crippen MR) is 102 cm³/mol. The highest BCUT2D eigenvalue weighted by atomic mass is 127. The second-order valence-electron chi connectivity index (χ2n) is 6.62. The van der Waals surface area contributed by atoms with Crippen molar-refractivity contribution in [3.8, 4) is 0 Å². The summed E-state index contributed by atoms with van der Waals surface area (Å²) in [5.74, 6) is 0. The lowest BCUT2D eigenvalue weighted by Gasteiger charge is -2.26. The van der Waals surface area contributed by atoms with E-state index in [0.717, 1.165) is 17.4 Å². The van der Waals surface area contributed by atoms with E-state index in [1.165, 1.54) is 29.5 Å². The first-order valence-corrected chi connectivity index (χ1v) is 8.85. The fourth-order valence-corrected chi connectivity index (χ4v) is 2.75. The number of hydrogen-bond donors (Lipinski definition) is 0. The Kier molecular flexibility index (Phi) is 9.64. The van der Waals surface area contributed by atoms with Gasteiger partial charge in [-0.3, -0.25) is 0 Å². The second kappa shape index (κ2) is 10.9. The molecule has 1 nitrogen and oxygen atoms in total. The predicted octanol–water partition coefficient (Wildman–Crippen LogP) is 2.57. The summed E-state index contributed by atoms with van der Waals surface area (Å²) >= 11 is 5.98. The van der Waals surface area contributed by atoms with Crippen LogP contribution in [0.15, 0.2) is 66.7 Å². The molecule has 0 aliphatic rings. The van der Waals surface area contributed by atoms with Gasteiger partial charge in [-0.25, -0.2) is 0 Å². The maximum Gasteiger partial charge on any atom is 0.154 e. The van der Waals surface area contributed by atoms with E-state index in [-0.39, 0.29) is 24.0 Å². The summed E-state index contributed by atoms with van der Waals surface area (Å²) in [7, 11) is 4.37. The van der Waals surface area contributed by atoms with Gasteiger partial charge in [-0.1, -0.05) is 78.3 Å². The van der Waals surface area contributed by atoms with Gasteiger partial charge in [-0.05, 0) is 36.0 Å². The molecule has 0 heterocycles. The van der Waals surface area contributed by atoms with Crippen LogP contribution in [0.3, 0.4) is 0 Å². The van der Waals surface area contributed by atoms with E-state index in [1.54, 1.807) is 0 Å². The number of allylic oxidation sites excluding steroid dienone is 1. The largest absolute Gasteiger partial charge is 1.00 e. The minimum Gasteiger partial charge on any atom is -1.00 e. The first kappa shape index (κ1) is 21.2. The molecule has 24 heavy (non-hydrogen) atoms. The molecule has 2 rings (SSSR count). The smallest absolute Gasteiger partial charge is 0.154 e. The third-order valence-corrected chi connectivity index (χ3v) is 4.71. The number of nitrogens with zero attached hydrogens (tertiary/aromatic N) is 1. The summed E-state index contributed by atoms with van der Waals surface area (Å²) in [5.41, 5.74) is 3.91. The quantitative estimate of drug-likeness (QED) is 0.189. The van der Waals surface area contributed by atoms with Crippen LogP contribution >= 0.6 is 11.6 Å². The zero-order valence-electron chi connectivity index (χ0n) is 14.6. The molecular formula is C21H27ClIN. The van der Waals surface area contributed by atoms with Gasteiger partial charge in [0.25, 0.3) is 0 Å². The Labute approximate surface area is 169 Å². The molecule has 2 aromatic carbocycles. The van der Waals surface area contributed by atoms with Crippen LogP contribution in [0.25, 0.3) is 5.57 Å². The van der Waals surface area contributed by atoms with Crippen molar-refractivity contribution < 1.29 is 28.5 Å². The molecule has 2 aromatic rings. The summed E-state index contributed by atoms with van der Waals surface area (Å²) in [6, 6.07) is 22.0. The molecule has 0 aromatic heterocycles. The Morgan fingerprint density at radius 2 is 1.38 bits per heavy atom. The molecule has 3 heteroatoms. The van der Waals surface area contributed by atoms with Crippen LogP contribution < -0.4 is 24.0 Å². The van der Waals surface area contributed by atoms with Crippen molar-refractivity contribution in [3.05, 3.63) is 77.9 Å². The van der Waals surface area contributed by atoms with Crippen molar-refractivity contribution in [2.24, 2.45) is 0 Å². The zero-order chi connectivity index (χ0) is 16.5. The minimum atomic E-state index is 0. The molecule has 0 aliphatic carbocycles. The zero-order valence-corrected chi connectivity index (χ0v) is 17.5. The highest BCUT2D eigenvalue weighted by Crippen LogP contribution is 2.24. The summed E-state index contributed by atoms with van der Waals surface area (Å²) in [6.45, 7) is 1.13. The number of rotatable bonds is 8. The molecule has 0 saturated carbocycles. The standard InChI is InChI=1S/C21H27ClN.HI/c1-23(2,18-22)17-11-5-10-16-21(19-12-6-3-7-13-19)20-14-8-4-9-15-20;/h3-4,6-9,12-16H,5,10-11,17-18H2,1-2H3;1H/q+1;/p-1. The molecule has 0 amide bonds. The molecule has 0 aliphatic heterocycles. The van der Waals surface area contributed by atoms with Gasteiger partial charge in [0, 0.05) is 0 Å². The van der Waals surface area contributed by atoms with Crippen molar-refractivity contribution in [2.45, 2.75) is 19.3 Å². The third-order valence-electron chi connectivity index (χ3n) is 4.06. The maximum absolute atomic E-state index is 5.98. The maximum atomic E-state index is 5.98. The van der Waals surface area contributed by atoms with E-state index >= 15 is 0 Å². The molecule has 0 atom stereocenters. The number of unbranched alkanes of at least 4 members (excludes halogenated alkanes) is 2. The van der Waals surface area contributed by atoms with E-state index in [4.69, 9.17) is 11.6 Å². The first-order valence-electron chi connectivity index (χ1n) is 8.31. The van der Waals surface area contributed by atoms with Crippen LogP contribution in [0.1, 0.15) is 30.4 Å². The Morgan fingerprint density at radius 3 is 1.83 bits per heavy atom. The number of benzene rings is 2. The number of quaternary nitrogens is 1. The number of hydrogen-bond acceptors (Lipinski definition) is 0. The van der Waals surface area contributed by atoms with Crippen molar-refractivity contribution in [3.63, 3.8) is 0 Å². The molecule has 0 fully saturated rings. The SMILES string of the molecule is C[N+](C)(CCl)CCCCC=C(c1ccccc1)c1ccccc1.[I-]. The molecule has 0 unspecified atom stereocenters. The van der Waals surface area contributed by atoms with Crippen molar-refractivity contribution in [1.29, 1.82) is 0 Å². The van der Waals surface area contributed by atoms with E-state index in [1.807, 2.05) is 0 Å². The Hall–Kier alpha value is -0.840. The number of alkyl halides is 1. The normalized spacial score (nSPS) is 10.8. The van der Waals surface area contributed by atoms with Crippen LogP contribution in [-0.4, -0.2) is 31.1 Å². The van der Waals surface area contributed by atoms with Crippen LogP contribution in [0.2, 0.25) is 0 Å². The van der Waals surface area contributed by atoms with Gasteiger partial charge in [-0.15, -0.1) is 0 Å². The van der Waals surface area contributed by atoms with Gasteiger partial charge in [-0.2, -0.15) is 0 Å². The van der Waals surface area contributed by atoms with Crippen LogP contribution in [0.5, 0.6) is 0 Å². The van der Waals surface area contributed by atoms with E-state index in [9.17, 15) is 0 Å². The molecule has 0 spiro atoms. The minimum absolute atomic E-state index is 0. The van der Waals surface area contributed by atoms with E-state index in [2.05, 4.69) is 80.8 Å². The molecule has 0 radical (unpaired) electrons. The van der Waals surface area contributed by atoms with Crippen LogP contribution in [-0.2, 0) is 0 Å². The van der Waals surface area contributed by atoms with Crippen molar-refractivity contribution >= 4 is 17.2 Å². The average Bonchev–Trinajstić information content (AvgIpc) is 2.59. The highest BCUT2D eigenvalue weighted by molar-refractivity contribution is 6.16. The van der Waals surface area contributed by atoms with Crippen molar-refractivity contribution in [2.75, 3.05) is 26.6 Å². The molecule has 130 valence electrons. The molecule has 0 N–H and O–H groups in total. The fraction of sp³-hybridized carbons (Fsp3) is 0.333. The first-order chi connectivity index (χ1) is 11.1. The Bertz CT molecular complexity index is 567. The van der Waals surface area contributed by atoms with Gasteiger partial charge < -0.3 is 28.5 Å². The molecule has 0 bridgehead atoms. The van der Waals surface area contributed by atoms with Gasteiger partial charge in [0.15, 0.2) is 6.00 Å². The molecule has 0 saturated heterocycles. The number of halogens is 2. The van der Waals surface area contributed by atoms with Gasteiger partial charge >= 0.3 is 0 Å². The summed E-state index contributed by atoms with van der Waals surface area (Å²) in [4.78, 5) is 0. The fourth-order valence-electron chi connectivity index (χ4n) is 2.63.